The van der Waals surface area contributed by atoms with E-state index >= 15 is 0 Å². The van der Waals surface area contributed by atoms with E-state index in [2.05, 4.69) is 39.4 Å². The Labute approximate surface area is 117 Å². The maximum atomic E-state index is 4.51. The Hall–Kier alpha value is -1.69. The molecule has 1 atom stereocenters. The van der Waals surface area contributed by atoms with Crippen molar-refractivity contribution in [3.05, 3.63) is 28.5 Å². The molecule has 102 valence electrons. The lowest BCUT2D eigenvalue weighted by atomic mass is 10.2. The average Bonchev–Trinajstić information content (AvgIpc) is 2.98. The number of anilines is 2. The molecule has 2 rings (SSSR count). The minimum Gasteiger partial charge on any atom is -0.373 e. The summed E-state index contributed by atoms with van der Waals surface area (Å²) in [6.45, 7) is 4.19. The number of aromatic nitrogens is 3. The van der Waals surface area contributed by atoms with E-state index in [4.69, 9.17) is 0 Å². The van der Waals surface area contributed by atoms with Gasteiger partial charge in [-0.05, 0) is 6.42 Å². The second kappa shape index (κ2) is 6.47. The lowest BCUT2D eigenvalue weighted by Gasteiger charge is -2.16. The predicted molar refractivity (Wildman–Crippen MR) is 79.7 cm³/mol. The highest BCUT2D eigenvalue weighted by Gasteiger charge is 2.13. The molecule has 0 aliphatic carbocycles. The van der Waals surface area contributed by atoms with Gasteiger partial charge in [0, 0.05) is 31.1 Å². The van der Waals surface area contributed by atoms with Crippen LogP contribution in [0.5, 0.6) is 0 Å². The lowest BCUT2D eigenvalue weighted by molar-refractivity contribution is 0.734. The van der Waals surface area contributed by atoms with Crippen molar-refractivity contribution >= 4 is 23.0 Å². The van der Waals surface area contributed by atoms with Crippen LogP contribution in [0.3, 0.4) is 0 Å². The Balaban J connectivity index is 2.21. The zero-order valence-corrected chi connectivity index (χ0v) is 12.3. The molecule has 2 aromatic rings. The summed E-state index contributed by atoms with van der Waals surface area (Å²) >= 11 is 1.66. The van der Waals surface area contributed by atoms with Crippen molar-refractivity contribution < 1.29 is 0 Å². The number of nitrogens with zero attached hydrogens (tertiary/aromatic N) is 3. The maximum absolute atomic E-state index is 4.51. The van der Waals surface area contributed by atoms with Crippen LogP contribution >= 0.6 is 11.3 Å². The largest absolute Gasteiger partial charge is 0.373 e. The van der Waals surface area contributed by atoms with Crippen molar-refractivity contribution in [2.45, 2.75) is 32.7 Å². The summed E-state index contributed by atoms with van der Waals surface area (Å²) in [7, 11) is 1.86. The fourth-order valence-corrected chi connectivity index (χ4v) is 2.55. The van der Waals surface area contributed by atoms with Gasteiger partial charge in [-0.2, -0.15) is 0 Å². The Morgan fingerprint density at radius 2 is 2.05 bits per heavy atom. The summed E-state index contributed by atoms with van der Waals surface area (Å²) in [5.41, 5.74) is 0. The highest BCUT2D eigenvalue weighted by molar-refractivity contribution is 7.09. The van der Waals surface area contributed by atoms with E-state index in [1.165, 1.54) is 0 Å². The molecule has 0 aliphatic rings. The molecule has 0 aliphatic heterocycles. The van der Waals surface area contributed by atoms with E-state index in [-0.39, 0.29) is 6.04 Å². The topological polar surface area (TPSA) is 62.7 Å². The molecule has 0 bridgehead atoms. The van der Waals surface area contributed by atoms with Crippen molar-refractivity contribution in [2.75, 3.05) is 17.7 Å². The lowest BCUT2D eigenvalue weighted by Crippen LogP contribution is -2.12. The van der Waals surface area contributed by atoms with Gasteiger partial charge in [-0.1, -0.05) is 13.8 Å². The monoisotopic (exact) mass is 277 g/mol. The first-order valence-corrected chi connectivity index (χ1v) is 7.36. The number of rotatable bonds is 6. The Kier molecular flexibility index (Phi) is 4.68. The molecular weight excluding hydrogens is 258 g/mol. The fourth-order valence-electron chi connectivity index (χ4n) is 1.78. The van der Waals surface area contributed by atoms with Gasteiger partial charge in [0.25, 0.3) is 0 Å². The molecule has 19 heavy (non-hydrogen) atoms. The molecule has 5 nitrogen and oxygen atoms in total. The summed E-state index contributed by atoms with van der Waals surface area (Å²) in [5, 5.41) is 9.59. The molecule has 0 fully saturated rings. The van der Waals surface area contributed by atoms with Crippen LogP contribution in [0.25, 0.3) is 0 Å². The van der Waals surface area contributed by atoms with Gasteiger partial charge < -0.3 is 10.6 Å². The standard InChI is InChI=1S/C13H19N5S/c1-4-9(13-15-6-7-19-13)16-12-8-11(14-3)17-10(5-2)18-12/h6-9H,4-5H2,1-3H3,(H2,14,16,17,18). The van der Waals surface area contributed by atoms with E-state index in [0.717, 1.165) is 35.3 Å². The first kappa shape index (κ1) is 13.7. The first-order chi connectivity index (χ1) is 9.26. The van der Waals surface area contributed by atoms with Crippen LogP contribution < -0.4 is 10.6 Å². The van der Waals surface area contributed by atoms with Gasteiger partial charge in [-0.25, -0.2) is 15.0 Å². The van der Waals surface area contributed by atoms with E-state index in [1.54, 1.807) is 11.3 Å². The van der Waals surface area contributed by atoms with Crippen LogP contribution in [0.4, 0.5) is 11.6 Å². The maximum Gasteiger partial charge on any atom is 0.132 e. The van der Waals surface area contributed by atoms with Crippen molar-refractivity contribution in [3.8, 4) is 0 Å². The SMILES string of the molecule is CCc1nc(NC)cc(NC(CC)c2nccs2)n1. The van der Waals surface area contributed by atoms with Crippen molar-refractivity contribution in [1.29, 1.82) is 0 Å². The average molecular weight is 277 g/mol. The van der Waals surface area contributed by atoms with Crippen LogP contribution in [0.1, 0.15) is 37.1 Å². The van der Waals surface area contributed by atoms with E-state index in [9.17, 15) is 0 Å². The molecule has 0 spiro atoms. The minimum absolute atomic E-state index is 0.198. The van der Waals surface area contributed by atoms with E-state index < -0.39 is 0 Å². The second-order valence-electron chi connectivity index (χ2n) is 4.13. The number of hydrogen-bond donors (Lipinski definition) is 2. The normalized spacial score (nSPS) is 12.2. The molecule has 6 heteroatoms. The molecule has 0 radical (unpaired) electrons. The van der Waals surface area contributed by atoms with Gasteiger partial charge >= 0.3 is 0 Å². The summed E-state index contributed by atoms with van der Waals surface area (Å²) in [4.78, 5) is 13.3. The molecular formula is C13H19N5S. The second-order valence-corrected chi connectivity index (χ2v) is 5.06. The summed E-state index contributed by atoms with van der Waals surface area (Å²) in [6, 6.07) is 2.12. The molecule has 1 unspecified atom stereocenters. The van der Waals surface area contributed by atoms with Crippen molar-refractivity contribution in [2.24, 2.45) is 0 Å². The number of hydrogen-bond acceptors (Lipinski definition) is 6. The number of aryl methyl sites for hydroxylation is 1. The van der Waals surface area contributed by atoms with Crippen molar-refractivity contribution in [1.82, 2.24) is 15.0 Å². The quantitative estimate of drug-likeness (QED) is 0.849. The van der Waals surface area contributed by atoms with Crippen molar-refractivity contribution in [3.63, 3.8) is 0 Å². The van der Waals surface area contributed by atoms with Crippen LogP contribution in [0.15, 0.2) is 17.6 Å². The molecule has 0 amide bonds. The van der Waals surface area contributed by atoms with E-state index in [1.807, 2.05) is 24.7 Å². The first-order valence-electron chi connectivity index (χ1n) is 6.48. The zero-order chi connectivity index (χ0) is 13.7. The van der Waals surface area contributed by atoms with Gasteiger partial charge in [0.2, 0.25) is 0 Å². The van der Waals surface area contributed by atoms with Gasteiger partial charge in [0.15, 0.2) is 0 Å². The highest BCUT2D eigenvalue weighted by Crippen LogP contribution is 2.24. The molecule has 2 heterocycles. The Morgan fingerprint density at radius 3 is 2.63 bits per heavy atom. The Bertz CT molecular complexity index is 490. The Morgan fingerprint density at radius 1 is 1.26 bits per heavy atom. The van der Waals surface area contributed by atoms with Crippen LogP contribution in [0.2, 0.25) is 0 Å². The molecule has 0 saturated heterocycles. The van der Waals surface area contributed by atoms with Gasteiger partial charge in [0.1, 0.15) is 22.5 Å². The van der Waals surface area contributed by atoms with Gasteiger partial charge in [-0.15, -0.1) is 11.3 Å². The van der Waals surface area contributed by atoms with Crippen LogP contribution in [-0.4, -0.2) is 22.0 Å². The van der Waals surface area contributed by atoms with E-state index in [0.29, 0.717) is 0 Å². The van der Waals surface area contributed by atoms with Gasteiger partial charge in [0.05, 0.1) is 6.04 Å². The zero-order valence-electron chi connectivity index (χ0n) is 11.5. The highest BCUT2D eigenvalue weighted by atomic mass is 32.1. The third kappa shape index (κ3) is 3.41. The molecule has 2 N–H and O–H groups in total. The summed E-state index contributed by atoms with van der Waals surface area (Å²) in [5.74, 6) is 2.52. The summed E-state index contributed by atoms with van der Waals surface area (Å²) in [6.07, 6.45) is 3.62. The third-order valence-corrected chi connectivity index (χ3v) is 3.71. The van der Waals surface area contributed by atoms with Gasteiger partial charge in [-0.3, -0.25) is 0 Å². The predicted octanol–water partition coefficient (Wildman–Crippen LogP) is 3.10. The number of nitrogens with one attached hydrogen (secondary N) is 2. The molecule has 0 aromatic carbocycles. The summed E-state index contributed by atoms with van der Waals surface area (Å²) < 4.78 is 0. The smallest absolute Gasteiger partial charge is 0.132 e. The molecule has 2 aromatic heterocycles. The minimum atomic E-state index is 0.198. The number of thiazole rings is 1. The molecule has 0 saturated carbocycles. The van der Waals surface area contributed by atoms with Crippen LogP contribution in [0, 0.1) is 0 Å². The fraction of sp³-hybridized carbons (Fsp3) is 0.462. The van der Waals surface area contributed by atoms with Crippen LogP contribution in [-0.2, 0) is 6.42 Å². The third-order valence-electron chi connectivity index (χ3n) is 2.82.